The third-order valence-electron chi connectivity index (χ3n) is 4.72. The third-order valence-corrected chi connectivity index (χ3v) is 7.56. The number of rotatable bonds is 5. The molecule has 1 aliphatic rings. The van der Waals surface area contributed by atoms with E-state index >= 15 is 0 Å². The lowest BCUT2D eigenvalue weighted by molar-refractivity contribution is 0.0954. The number of hydrogen-bond acceptors (Lipinski definition) is 6. The maximum Gasteiger partial charge on any atom is 0.261 e. The predicted molar refractivity (Wildman–Crippen MR) is 115 cm³/mol. The van der Waals surface area contributed by atoms with Crippen molar-refractivity contribution in [1.29, 1.82) is 0 Å². The van der Waals surface area contributed by atoms with Gasteiger partial charge in [-0.3, -0.25) is 4.79 Å². The summed E-state index contributed by atoms with van der Waals surface area (Å²) in [7, 11) is -2.89. The summed E-state index contributed by atoms with van der Waals surface area (Å²) in [5.74, 6) is 0.218. The van der Waals surface area contributed by atoms with Crippen LogP contribution in [-0.2, 0) is 16.4 Å². The summed E-state index contributed by atoms with van der Waals surface area (Å²) in [4.78, 5) is 19.1. The van der Waals surface area contributed by atoms with Crippen LogP contribution in [0.1, 0.15) is 15.4 Å². The lowest BCUT2D eigenvalue weighted by Crippen LogP contribution is -2.40. The molecule has 4 rings (SSSR count). The number of anilines is 1. The summed E-state index contributed by atoms with van der Waals surface area (Å²) in [5, 5.41) is 2.83. The molecule has 152 valence electrons. The number of imidazole rings is 1. The van der Waals surface area contributed by atoms with E-state index in [-0.39, 0.29) is 17.4 Å². The number of amides is 1. The topological polar surface area (TPSA) is 84.3 Å². The number of sulfone groups is 1. The fourth-order valence-corrected chi connectivity index (χ4v) is 5.26. The van der Waals surface area contributed by atoms with Gasteiger partial charge in [-0.05, 0) is 36.4 Å². The molecule has 2 aromatic heterocycles. The Morgan fingerprint density at radius 3 is 2.45 bits per heavy atom. The maximum atomic E-state index is 12.1. The molecule has 1 saturated heterocycles. The molecule has 1 N–H and O–H groups in total. The minimum atomic E-state index is -2.89. The van der Waals surface area contributed by atoms with E-state index in [1.807, 2.05) is 35.0 Å². The summed E-state index contributed by atoms with van der Waals surface area (Å²) in [6.07, 6.45) is 3.57. The number of halogens is 1. The number of carbonyl (C=O) groups is 1. The van der Waals surface area contributed by atoms with Crippen molar-refractivity contribution in [2.75, 3.05) is 29.5 Å². The molecule has 29 heavy (non-hydrogen) atoms. The fraction of sp³-hybridized carbons (Fsp3) is 0.263. The van der Waals surface area contributed by atoms with Gasteiger partial charge in [0.05, 0.1) is 39.3 Å². The van der Waals surface area contributed by atoms with Crippen molar-refractivity contribution < 1.29 is 13.2 Å². The lowest BCUT2D eigenvalue weighted by atomic mass is 10.2. The molecule has 1 aliphatic heterocycles. The molecule has 3 heterocycles. The van der Waals surface area contributed by atoms with Gasteiger partial charge in [0.25, 0.3) is 5.91 Å². The van der Waals surface area contributed by atoms with Crippen molar-refractivity contribution in [3.8, 4) is 5.69 Å². The van der Waals surface area contributed by atoms with Gasteiger partial charge in [-0.15, -0.1) is 11.3 Å². The van der Waals surface area contributed by atoms with Crippen molar-refractivity contribution in [1.82, 2.24) is 14.9 Å². The molecule has 3 aromatic rings. The van der Waals surface area contributed by atoms with E-state index in [1.165, 1.54) is 11.3 Å². The summed E-state index contributed by atoms with van der Waals surface area (Å²) in [5.41, 5.74) is 2.69. The Bertz CT molecular complexity index is 1110. The molecule has 0 atom stereocenters. The number of nitrogens with one attached hydrogen (secondary N) is 1. The Morgan fingerprint density at radius 2 is 1.79 bits per heavy atom. The van der Waals surface area contributed by atoms with Gasteiger partial charge in [0.2, 0.25) is 0 Å². The van der Waals surface area contributed by atoms with Gasteiger partial charge in [0.1, 0.15) is 0 Å². The minimum Gasteiger partial charge on any atom is -0.369 e. The highest BCUT2D eigenvalue weighted by atomic mass is 35.5. The highest BCUT2D eigenvalue weighted by molar-refractivity contribution is 7.91. The quantitative estimate of drug-likeness (QED) is 0.646. The normalized spacial score (nSPS) is 16.0. The van der Waals surface area contributed by atoms with Gasteiger partial charge >= 0.3 is 0 Å². The molecule has 1 amide bonds. The molecule has 0 unspecified atom stereocenters. The predicted octanol–water partition coefficient (Wildman–Crippen LogP) is 2.75. The number of hydrogen-bond donors (Lipinski definition) is 1. The Labute approximate surface area is 177 Å². The minimum absolute atomic E-state index is 0.177. The van der Waals surface area contributed by atoms with E-state index in [0.29, 0.717) is 28.8 Å². The van der Waals surface area contributed by atoms with Crippen LogP contribution in [-0.4, -0.2) is 48.5 Å². The SMILES string of the molecule is O=C(NCc1cn(-c2ccc(N3CCS(=O)(=O)CC3)cc2)cn1)c1ccc(Cl)s1. The van der Waals surface area contributed by atoms with Gasteiger partial charge in [0.15, 0.2) is 9.84 Å². The van der Waals surface area contributed by atoms with Gasteiger partial charge in [0, 0.05) is 30.7 Å². The largest absolute Gasteiger partial charge is 0.369 e. The highest BCUT2D eigenvalue weighted by Gasteiger charge is 2.21. The first-order chi connectivity index (χ1) is 13.9. The standard InChI is InChI=1S/C19H19ClN4O3S2/c20-18-6-5-17(28-18)19(25)21-11-14-12-24(13-22-14)16-3-1-15(2-4-16)23-7-9-29(26,27)10-8-23/h1-6,12-13H,7-11H2,(H,21,25). The zero-order valence-corrected chi connectivity index (χ0v) is 17.8. The van der Waals surface area contributed by atoms with Crippen molar-refractivity contribution in [2.45, 2.75) is 6.54 Å². The van der Waals surface area contributed by atoms with Crippen molar-refractivity contribution in [3.05, 3.63) is 63.8 Å². The summed E-state index contributed by atoms with van der Waals surface area (Å²) in [6, 6.07) is 11.3. The van der Waals surface area contributed by atoms with Crippen molar-refractivity contribution in [2.24, 2.45) is 0 Å². The smallest absolute Gasteiger partial charge is 0.261 e. The van der Waals surface area contributed by atoms with Crippen LogP contribution in [0, 0.1) is 0 Å². The van der Waals surface area contributed by atoms with Gasteiger partial charge in [-0.1, -0.05) is 11.6 Å². The Balaban J connectivity index is 1.37. The lowest BCUT2D eigenvalue weighted by Gasteiger charge is -2.28. The molecular formula is C19H19ClN4O3S2. The molecule has 0 radical (unpaired) electrons. The number of benzene rings is 1. The molecule has 1 aromatic carbocycles. The zero-order valence-electron chi connectivity index (χ0n) is 15.4. The highest BCUT2D eigenvalue weighted by Crippen LogP contribution is 2.22. The Kier molecular flexibility index (Phi) is 5.62. The molecule has 1 fully saturated rings. The van der Waals surface area contributed by atoms with Crippen LogP contribution in [0.25, 0.3) is 5.69 Å². The summed E-state index contributed by atoms with van der Waals surface area (Å²) >= 11 is 7.10. The molecule has 10 heteroatoms. The first-order valence-electron chi connectivity index (χ1n) is 9.02. The second kappa shape index (κ2) is 8.17. The molecule has 0 bridgehead atoms. The first-order valence-corrected chi connectivity index (χ1v) is 12.0. The van der Waals surface area contributed by atoms with E-state index in [0.717, 1.165) is 17.1 Å². The van der Waals surface area contributed by atoms with Crippen LogP contribution in [0.4, 0.5) is 5.69 Å². The average molecular weight is 451 g/mol. The van der Waals surface area contributed by atoms with Crippen LogP contribution in [0.2, 0.25) is 4.34 Å². The van der Waals surface area contributed by atoms with E-state index < -0.39 is 9.84 Å². The van der Waals surface area contributed by atoms with Crippen LogP contribution in [0.5, 0.6) is 0 Å². The van der Waals surface area contributed by atoms with Gasteiger partial charge in [-0.25, -0.2) is 13.4 Å². The van der Waals surface area contributed by atoms with Crippen LogP contribution < -0.4 is 10.2 Å². The molecule has 0 spiro atoms. The van der Waals surface area contributed by atoms with E-state index in [2.05, 4.69) is 15.2 Å². The monoisotopic (exact) mass is 450 g/mol. The molecule has 7 nitrogen and oxygen atoms in total. The van der Waals surface area contributed by atoms with Gasteiger partial charge in [-0.2, -0.15) is 0 Å². The van der Waals surface area contributed by atoms with Crippen molar-refractivity contribution >= 4 is 44.4 Å². The molecule has 0 aliphatic carbocycles. The zero-order chi connectivity index (χ0) is 20.4. The Morgan fingerprint density at radius 1 is 1.10 bits per heavy atom. The summed E-state index contributed by atoms with van der Waals surface area (Å²) < 4.78 is 25.6. The molecule has 0 saturated carbocycles. The van der Waals surface area contributed by atoms with Crippen molar-refractivity contribution in [3.63, 3.8) is 0 Å². The van der Waals surface area contributed by atoms with Crippen LogP contribution in [0.15, 0.2) is 48.9 Å². The van der Waals surface area contributed by atoms with Crippen LogP contribution in [0.3, 0.4) is 0 Å². The average Bonchev–Trinajstić information content (AvgIpc) is 3.35. The second-order valence-corrected chi connectivity index (χ2v) is 10.7. The summed E-state index contributed by atoms with van der Waals surface area (Å²) in [6.45, 7) is 1.36. The number of aromatic nitrogens is 2. The van der Waals surface area contributed by atoms with Gasteiger partial charge < -0.3 is 14.8 Å². The van der Waals surface area contributed by atoms with Crippen LogP contribution >= 0.6 is 22.9 Å². The Hall–Kier alpha value is -2.36. The maximum absolute atomic E-state index is 12.1. The van der Waals surface area contributed by atoms with E-state index in [9.17, 15) is 13.2 Å². The second-order valence-electron chi connectivity index (χ2n) is 6.71. The number of carbonyl (C=O) groups excluding carboxylic acids is 1. The van der Waals surface area contributed by atoms with E-state index in [4.69, 9.17) is 11.6 Å². The third kappa shape index (κ3) is 4.80. The first kappa shape index (κ1) is 19.9. The fourth-order valence-electron chi connectivity index (χ4n) is 3.10. The number of thiophene rings is 1. The van der Waals surface area contributed by atoms with E-state index in [1.54, 1.807) is 18.5 Å². The number of nitrogens with zero attached hydrogens (tertiary/aromatic N) is 3. The molecular weight excluding hydrogens is 432 g/mol.